The van der Waals surface area contributed by atoms with E-state index in [1.54, 1.807) is 0 Å². The highest BCUT2D eigenvalue weighted by Crippen LogP contribution is 2.28. The molecule has 0 fully saturated rings. The number of rotatable bonds is 4. The Hall–Kier alpha value is -2.71. The van der Waals surface area contributed by atoms with Crippen LogP contribution in [-0.4, -0.2) is 15.8 Å². The third kappa shape index (κ3) is 3.74. The number of nitrogens with one attached hydrogen (secondary N) is 1. The van der Waals surface area contributed by atoms with Crippen LogP contribution in [0.1, 0.15) is 10.4 Å². The summed E-state index contributed by atoms with van der Waals surface area (Å²) in [4.78, 5) is 32.1. The Morgan fingerprint density at radius 3 is 1.91 bits per heavy atom. The zero-order valence-electron chi connectivity index (χ0n) is 11.2. The van der Waals surface area contributed by atoms with Crippen LogP contribution in [-0.2, 0) is 0 Å². The highest BCUT2D eigenvalue weighted by molar-refractivity contribution is 6.36. The van der Waals surface area contributed by atoms with E-state index in [-0.39, 0.29) is 32.7 Å². The van der Waals surface area contributed by atoms with Crippen molar-refractivity contribution in [3.8, 4) is 0 Å². The van der Waals surface area contributed by atoms with Crippen LogP contribution in [0.25, 0.3) is 0 Å². The maximum atomic E-state index is 12.1. The van der Waals surface area contributed by atoms with Crippen LogP contribution in [0, 0.1) is 20.2 Å². The zero-order chi connectivity index (χ0) is 17.1. The normalized spacial score (nSPS) is 10.2. The molecule has 2 aromatic rings. The molecule has 23 heavy (non-hydrogen) atoms. The summed E-state index contributed by atoms with van der Waals surface area (Å²) in [6.07, 6.45) is 0. The summed E-state index contributed by atoms with van der Waals surface area (Å²) < 4.78 is 0. The molecule has 0 aliphatic rings. The third-order valence-electron chi connectivity index (χ3n) is 2.82. The summed E-state index contributed by atoms with van der Waals surface area (Å²) in [5.74, 6) is -0.652. The maximum Gasteiger partial charge on any atom is 0.271 e. The summed E-state index contributed by atoms with van der Waals surface area (Å²) >= 11 is 11.7. The molecular weight excluding hydrogens is 349 g/mol. The number of nitrogens with zero attached hydrogens (tertiary/aromatic N) is 2. The van der Waals surface area contributed by atoms with Gasteiger partial charge in [-0.15, -0.1) is 0 Å². The zero-order valence-corrected chi connectivity index (χ0v) is 12.7. The van der Waals surface area contributed by atoms with Gasteiger partial charge in [0.2, 0.25) is 0 Å². The third-order valence-corrected chi connectivity index (χ3v) is 3.45. The maximum absolute atomic E-state index is 12.1. The second-order valence-corrected chi connectivity index (χ2v) is 5.11. The van der Waals surface area contributed by atoms with Crippen LogP contribution in [0.2, 0.25) is 10.0 Å². The Labute approximate surface area is 138 Å². The van der Waals surface area contributed by atoms with Crippen molar-refractivity contribution < 1.29 is 14.6 Å². The van der Waals surface area contributed by atoms with Crippen LogP contribution in [0.15, 0.2) is 36.4 Å². The Bertz CT molecular complexity index is 825. The lowest BCUT2D eigenvalue weighted by Crippen LogP contribution is -2.13. The minimum Gasteiger partial charge on any atom is -0.321 e. The fourth-order valence-electron chi connectivity index (χ4n) is 1.71. The topological polar surface area (TPSA) is 115 Å². The van der Waals surface area contributed by atoms with Crippen molar-refractivity contribution in [3.63, 3.8) is 0 Å². The average molecular weight is 356 g/mol. The molecule has 2 aromatic carbocycles. The number of nitro benzene ring substituents is 2. The Balaban J connectivity index is 2.26. The standard InChI is InChI=1S/C13H7Cl2N3O5/c14-10-5-7(17(20)21)1-3-9(10)13(19)16-12-4-2-8(18(22)23)6-11(12)15/h1-6H,(H,16,19). The highest BCUT2D eigenvalue weighted by Gasteiger charge is 2.17. The fraction of sp³-hybridized carbons (Fsp3) is 0. The molecule has 0 radical (unpaired) electrons. The molecule has 1 amide bonds. The van der Waals surface area contributed by atoms with Crippen LogP contribution in [0.5, 0.6) is 0 Å². The first-order chi connectivity index (χ1) is 10.8. The number of non-ortho nitro benzene ring substituents is 2. The molecule has 0 aliphatic heterocycles. The molecule has 0 heterocycles. The minimum absolute atomic E-state index is 0.00619. The van der Waals surface area contributed by atoms with E-state index in [9.17, 15) is 25.0 Å². The van der Waals surface area contributed by atoms with Gasteiger partial charge < -0.3 is 5.32 Å². The van der Waals surface area contributed by atoms with E-state index in [0.29, 0.717) is 0 Å². The van der Waals surface area contributed by atoms with Gasteiger partial charge in [-0.05, 0) is 12.1 Å². The number of carbonyl (C=O) groups excluding carboxylic acids is 1. The van der Waals surface area contributed by atoms with Crippen LogP contribution in [0.3, 0.4) is 0 Å². The predicted octanol–water partition coefficient (Wildman–Crippen LogP) is 4.06. The molecule has 0 spiro atoms. The van der Waals surface area contributed by atoms with Gasteiger partial charge in [0.15, 0.2) is 0 Å². The van der Waals surface area contributed by atoms with E-state index >= 15 is 0 Å². The lowest BCUT2D eigenvalue weighted by Gasteiger charge is -2.08. The van der Waals surface area contributed by atoms with Gasteiger partial charge in [0.25, 0.3) is 17.3 Å². The van der Waals surface area contributed by atoms with Gasteiger partial charge in [-0.25, -0.2) is 0 Å². The molecule has 10 heteroatoms. The Kier molecular flexibility index (Phi) is 4.77. The number of hydrogen-bond donors (Lipinski definition) is 1. The molecule has 118 valence electrons. The molecule has 0 atom stereocenters. The number of benzene rings is 2. The van der Waals surface area contributed by atoms with Gasteiger partial charge in [0.1, 0.15) is 0 Å². The van der Waals surface area contributed by atoms with Crippen molar-refractivity contribution in [2.24, 2.45) is 0 Å². The first-order valence-corrected chi connectivity index (χ1v) is 6.74. The number of anilines is 1. The molecule has 0 unspecified atom stereocenters. The smallest absolute Gasteiger partial charge is 0.271 e. The number of hydrogen-bond acceptors (Lipinski definition) is 5. The number of amides is 1. The van der Waals surface area contributed by atoms with Gasteiger partial charge in [0.05, 0.1) is 31.1 Å². The molecule has 2 rings (SSSR count). The van der Waals surface area contributed by atoms with Crippen molar-refractivity contribution in [2.75, 3.05) is 5.32 Å². The van der Waals surface area contributed by atoms with Crippen LogP contribution >= 0.6 is 23.2 Å². The summed E-state index contributed by atoms with van der Waals surface area (Å²) in [6.45, 7) is 0. The first kappa shape index (κ1) is 16.7. The Morgan fingerprint density at radius 1 is 0.913 bits per heavy atom. The summed E-state index contributed by atoms with van der Waals surface area (Å²) in [6, 6.07) is 6.94. The molecule has 0 saturated heterocycles. The van der Waals surface area contributed by atoms with Crippen molar-refractivity contribution in [1.29, 1.82) is 0 Å². The molecule has 0 aliphatic carbocycles. The minimum atomic E-state index is -0.652. The highest BCUT2D eigenvalue weighted by atomic mass is 35.5. The van der Waals surface area contributed by atoms with E-state index < -0.39 is 15.8 Å². The van der Waals surface area contributed by atoms with Gasteiger partial charge in [-0.3, -0.25) is 25.0 Å². The van der Waals surface area contributed by atoms with Crippen molar-refractivity contribution in [1.82, 2.24) is 0 Å². The molecule has 1 N–H and O–H groups in total. The van der Waals surface area contributed by atoms with E-state index in [0.717, 1.165) is 18.2 Å². The number of nitro groups is 2. The molecule has 0 bridgehead atoms. The van der Waals surface area contributed by atoms with E-state index in [1.807, 2.05) is 0 Å². The Morgan fingerprint density at radius 2 is 1.43 bits per heavy atom. The summed E-state index contributed by atoms with van der Waals surface area (Å²) in [7, 11) is 0. The predicted molar refractivity (Wildman–Crippen MR) is 84.2 cm³/mol. The van der Waals surface area contributed by atoms with Gasteiger partial charge in [0, 0.05) is 24.3 Å². The number of halogens is 2. The lowest BCUT2D eigenvalue weighted by molar-refractivity contribution is -0.385. The van der Waals surface area contributed by atoms with E-state index in [2.05, 4.69) is 5.32 Å². The SMILES string of the molecule is O=C(Nc1ccc([N+](=O)[O-])cc1Cl)c1ccc([N+](=O)[O-])cc1Cl. The van der Waals surface area contributed by atoms with Gasteiger partial charge in [-0.1, -0.05) is 23.2 Å². The van der Waals surface area contributed by atoms with Crippen LogP contribution < -0.4 is 5.32 Å². The second kappa shape index (κ2) is 6.59. The quantitative estimate of drug-likeness (QED) is 0.655. The van der Waals surface area contributed by atoms with E-state index in [1.165, 1.54) is 18.2 Å². The average Bonchev–Trinajstić information content (AvgIpc) is 2.48. The lowest BCUT2D eigenvalue weighted by atomic mass is 10.2. The monoisotopic (exact) mass is 355 g/mol. The van der Waals surface area contributed by atoms with Crippen LogP contribution in [0.4, 0.5) is 17.1 Å². The van der Waals surface area contributed by atoms with Crippen molar-refractivity contribution in [3.05, 3.63) is 72.2 Å². The first-order valence-electron chi connectivity index (χ1n) is 5.99. The molecular formula is C13H7Cl2N3O5. The largest absolute Gasteiger partial charge is 0.321 e. The van der Waals surface area contributed by atoms with Gasteiger partial charge in [-0.2, -0.15) is 0 Å². The second-order valence-electron chi connectivity index (χ2n) is 4.30. The fourth-order valence-corrected chi connectivity index (χ4v) is 2.19. The summed E-state index contributed by atoms with van der Waals surface area (Å²) in [5, 5.41) is 23.6. The van der Waals surface area contributed by atoms with Crippen molar-refractivity contribution in [2.45, 2.75) is 0 Å². The molecule has 0 saturated carbocycles. The van der Waals surface area contributed by atoms with E-state index in [4.69, 9.17) is 23.2 Å². The number of carbonyl (C=O) groups is 1. The summed E-state index contributed by atoms with van der Waals surface area (Å²) in [5.41, 5.74) is -0.315. The van der Waals surface area contributed by atoms with Gasteiger partial charge >= 0.3 is 0 Å². The molecule has 0 aromatic heterocycles. The molecule has 8 nitrogen and oxygen atoms in total. The van der Waals surface area contributed by atoms with Crippen molar-refractivity contribution >= 4 is 46.2 Å².